The van der Waals surface area contributed by atoms with Crippen molar-refractivity contribution in [3.8, 4) is 0 Å². The molecule has 1 aromatic carbocycles. The van der Waals surface area contributed by atoms with Gasteiger partial charge < -0.3 is 5.11 Å². The van der Waals surface area contributed by atoms with Crippen LogP contribution in [0.25, 0.3) is 0 Å². The van der Waals surface area contributed by atoms with E-state index in [9.17, 15) is 13.2 Å². The maximum absolute atomic E-state index is 11.8. The molecule has 94 valence electrons. The van der Waals surface area contributed by atoms with Crippen LogP contribution >= 0.6 is 0 Å². The highest BCUT2D eigenvalue weighted by molar-refractivity contribution is 7.90. The molecule has 5 heteroatoms. The summed E-state index contributed by atoms with van der Waals surface area (Å²) >= 11 is 0. The third kappa shape index (κ3) is 4.56. The van der Waals surface area contributed by atoms with E-state index in [-0.39, 0.29) is 11.5 Å². The Hall–Kier alpha value is -1.36. The molecule has 4 nitrogen and oxygen atoms in total. The second-order valence-electron chi connectivity index (χ2n) is 4.28. The molecule has 0 aliphatic carbocycles. The van der Waals surface area contributed by atoms with Gasteiger partial charge in [-0.25, -0.2) is 8.42 Å². The Morgan fingerprint density at radius 1 is 1.41 bits per heavy atom. The predicted molar refractivity (Wildman–Crippen MR) is 65.5 cm³/mol. The van der Waals surface area contributed by atoms with E-state index in [1.807, 2.05) is 13.0 Å². The molecule has 1 aromatic rings. The van der Waals surface area contributed by atoms with Crippen LogP contribution in [0.15, 0.2) is 24.3 Å². The fourth-order valence-corrected chi connectivity index (χ4v) is 3.28. The first kappa shape index (κ1) is 13.7. The number of aryl methyl sites for hydroxylation is 1. The molecule has 1 unspecified atom stereocenters. The summed E-state index contributed by atoms with van der Waals surface area (Å²) in [5.41, 5.74) is 1.69. The van der Waals surface area contributed by atoms with Crippen LogP contribution in [0.4, 0.5) is 0 Å². The van der Waals surface area contributed by atoms with E-state index >= 15 is 0 Å². The number of hydrogen-bond donors (Lipinski definition) is 1. The van der Waals surface area contributed by atoms with Crippen molar-refractivity contribution in [2.24, 2.45) is 5.92 Å². The van der Waals surface area contributed by atoms with Gasteiger partial charge in [-0.15, -0.1) is 0 Å². The van der Waals surface area contributed by atoms with Crippen LogP contribution in [0.3, 0.4) is 0 Å². The molecule has 0 aromatic heterocycles. The monoisotopic (exact) mass is 256 g/mol. The summed E-state index contributed by atoms with van der Waals surface area (Å²) < 4.78 is 23.5. The molecule has 1 rings (SSSR count). The van der Waals surface area contributed by atoms with Crippen LogP contribution in [-0.4, -0.2) is 25.2 Å². The van der Waals surface area contributed by atoms with Gasteiger partial charge in [-0.2, -0.15) is 0 Å². The van der Waals surface area contributed by atoms with Crippen LogP contribution < -0.4 is 0 Å². The van der Waals surface area contributed by atoms with E-state index in [1.165, 1.54) is 6.92 Å². The highest BCUT2D eigenvalue weighted by Crippen LogP contribution is 2.11. The van der Waals surface area contributed by atoms with Crippen molar-refractivity contribution in [3.05, 3.63) is 35.4 Å². The molecule has 0 saturated carbocycles. The average molecular weight is 256 g/mol. The first-order valence-corrected chi connectivity index (χ1v) is 7.11. The Labute approximate surface area is 101 Å². The minimum atomic E-state index is -3.38. The smallest absolute Gasteiger partial charge is 0.307 e. The van der Waals surface area contributed by atoms with Crippen molar-refractivity contribution >= 4 is 15.8 Å². The molecule has 0 bridgehead atoms. The number of hydrogen-bond acceptors (Lipinski definition) is 3. The summed E-state index contributed by atoms with van der Waals surface area (Å²) in [7, 11) is -3.38. The van der Waals surface area contributed by atoms with Gasteiger partial charge in [0.15, 0.2) is 9.84 Å². The topological polar surface area (TPSA) is 71.4 Å². The third-order valence-electron chi connectivity index (χ3n) is 2.39. The Kier molecular flexibility index (Phi) is 4.28. The summed E-state index contributed by atoms with van der Waals surface area (Å²) in [4.78, 5) is 10.6. The molecule has 0 fully saturated rings. The highest BCUT2D eigenvalue weighted by atomic mass is 32.2. The number of carbonyl (C=O) groups is 1. The lowest BCUT2D eigenvalue weighted by molar-refractivity contribution is -0.140. The number of benzene rings is 1. The minimum Gasteiger partial charge on any atom is -0.481 e. The number of sulfone groups is 1. The Morgan fingerprint density at radius 3 is 2.59 bits per heavy atom. The molecule has 0 spiro atoms. The minimum absolute atomic E-state index is 0.105. The van der Waals surface area contributed by atoms with E-state index in [2.05, 4.69) is 0 Å². The van der Waals surface area contributed by atoms with Crippen molar-refractivity contribution in [2.45, 2.75) is 19.6 Å². The predicted octanol–water partition coefficient (Wildman–Crippen LogP) is 1.63. The zero-order chi connectivity index (χ0) is 13.1. The molecule has 0 saturated heterocycles. The summed E-state index contributed by atoms with van der Waals surface area (Å²) in [6.45, 7) is 3.28. The number of carboxylic acids is 1. The first-order chi connectivity index (χ1) is 7.80. The maximum Gasteiger partial charge on any atom is 0.307 e. The van der Waals surface area contributed by atoms with Gasteiger partial charge in [0.1, 0.15) is 0 Å². The average Bonchev–Trinajstić information content (AvgIpc) is 2.15. The fraction of sp³-hybridized carbons (Fsp3) is 0.417. The standard InChI is InChI=1S/C12H16O4S/c1-9-4-3-5-11(6-9)8-17(15,16)7-10(2)12(13)14/h3-6,10H,7-8H2,1-2H3,(H,13,14). The summed E-state index contributed by atoms with van der Waals surface area (Å²) in [6.07, 6.45) is 0. The Morgan fingerprint density at radius 2 is 2.06 bits per heavy atom. The van der Waals surface area contributed by atoms with E-state index in [0.29, 0.717) is 5.56 Å². The molecule has 0 aliphatic heterocycles. The Bertz CT molecular complexity index is 505. The van der Waals surface area contributed by atoms with Crippen LogP contribution in [0.1, 0.15) is 18.1 Å². The first-order valence-electron chi connectivity index (χ1n) is 5.29. The number of rotatable bonds is 5. The molecule has 0 heterocycles. The van der Waals surface area contributed by atoms with Gasteiger partial charge in [-0.1, -0.05) is 36.8 Å². The molecule has 1 N–H and O–H groups in total. The van der Waals surface area contributed by atoms with Gasteiger partial charge in [-0.3, -0.25) is 4.79 Å². The zero-order valence-corrected chi connectivity index (χ0v) is 10.7. The van der Waals surface area contributed by atoms with Crippen LogP contribution in [-0.2, 0) is 20.4 Å². The van der Waals surface area contributed by atoms with Crippen molar-refractivity contribution in [2.75, 3.05) is 5.75 Å². The molecule has 0 aliphatic rings. The largest absolute Gasteiger partial charge is 0.481 e. The normalized spacial score (nSPS) is 13.3. The van der Waals surface area contributed by atoms with Gasteiger partial charge >= 0.3 is 5.97 Å². The lowest BCUT2D eigenvalue weighted by Gasteiger charge is -2.08. The van der Waals surface area contributed by atoms with Gasteiger partial charge in [0.25, 0.3) is 0 Å². The molecule has 1 atom stereocenters. The molecular weight excluding hydrogens is 240 g/mol. The third-order valence-corrected chi connectivity index (χ3v) is 4.18. The number of carboxylic acid groups (broad SMARTS) is 1. The second-order valence-corrected chi connectivity index (χ2v) is 6.39. The van der Waals surface area contributed by atoms with Crippen molar-refractivity contribution in [1.82, 2.24) is 0 Å². The van der Waals surface area contributed by atoms with Gasteiger partial charge in [0.05, 0.1) is 17.4 Å². The van der Waals surface area contributed by atoms with Gasteiger partial charge in [0.2, 0.25) is 0 Å². The lowest BCUT2D eigenvalue weighted by Crippen LogP contribution is -2.22. The van der Waals surface area contributed by atoms with Crippen molar-refractivity contribution in [3.63, 3.8) is 0 Å². The Balaban J connectivity index is 2.77. The van der Waals surface area contributed by atoms with Gasteiger partial charge in [-0.05, 0) is 12.5 Å². The SMILES string of the molecule is Cc1cccc(CS(=O)(=O)CC(C)C(=O)O)c1. The molecule has 17 heavy (non-hydrogen) atoms. The summed E-state index contributed by atoms with van der Waals surface area (Å²) in [5.74, 6) is -2.38. The molecular formula is C12H16O4S. The van der Waals surface area contributed by atoms with Gasteiger partial charge in [0, 0.05) is 0 Å². The number of aliphatic carboxylic acids is 1. The zero-order valence-electron chi connectivity index (χ0n) is 9.88. The van der Waals surface area contributed by atoms with Crippen molar-refractivity contribution < 1.29 is 18.3 Å². The van der Waals surface area contributed by atoms with E-state index < -0.39 is 21.7 Å². The fourth-order valence-electron chi connectivity index (χ4n) is 1.57. The molecule has 0 radical (unpaired) electrons. The quantitative estimate of drug-likeness (QED) is 0.869. The van der Waals surface area contributed by atoms with E-state index in [0.717, 1.165) is 5.56 Å². The van der Waals surface area contributed by atoms with Crippen LogP contribution in [0.2, 0.25) is 0 Å². The lowest BCUT2D eigenvalue weighted by atomic mass is 10.2. The summed E-state index contributed by atoms with van der Waals surface area (Å²) in [5, 5.41) is 8.69. The van der Waals surface area contributed by atoms with Crippen LogP contribution in [0, 0.1) is 12.8 Å². The van der Waals surface area contributed by atoms with Crippen molar-refractivity contribution in [1.29, 1.82) is 0 Å². The molecule has 0 amide bonds. The van der Waals surface area contributed by atoms with E-state index in [1.54, 1.807) is 18.2 Å². The van der Waals surface area contributed by atoms with Crippen LogP contribution in [0.5, 0.6) is 0 Å². The summed E-state index contributed by atoms with van der Waals surface area (Å²) in [6, 6.07) is 7.20. The van der Waals surface area contributed by atoms with E-state index in [4.69, 9.17) is 5.11 Å². The maximum atomic E-state index is 11.8. The second kappa shape index (κ2) is 5.31. The highest BCUT2D eigenvalue weighted by Gasteiger charge is 2.21.